The SMILES string of the molecule is Cc1ccc([C@H]2C(C(=O)c3ccco3)=C(O)C(=O)N2CCN2CCOCC2)cc1. The highest BCUT2D eigenvalue weighted by atomic mass is 16.5. The first-order chi connectivity index (χ1) is 14.1. The number of ether oxygens (including phenoxy) is 1. The molecule has 1 aromatic carbocycles. The van der Waals surface area contributed by atoms with Gasteiger partial charge in [0, 0.05) is 26.2 Å². The third-order valence-corrected chi connectivity index (χ3v) is 5.45. The van der Waals surface area contributed by atoms with Gasteiger partial charge in [-0.3, -0.25) is 14.5 Å². The molecule has 7 heteroatoms. The number of benzene rings is 1. The first kappa shape index (κ1) is 19.4. The molecule has 152 valence electrons. The summed E-state index contributed by atoms with van der Waals surface area (Å²) in [6.07, 6.45) is 1.40. The van der Waals surface area contributed by atoms with Crippen LogP contribution in [0, 0.1) is 6.92 Å². The molecular weight excluding hydrogens is 372 g/mol. The summed E-state index contributed by atoms with van der Waals surface area (Å²) in [4.78, 5) is 29.7. The lowest BCUT2D eigenvalue weighted by molar-refractivity contribution is -0.129. The number of carbonyl (C=O) groups is 2. The molecule has 1 N–H and O–H groups in total. The molecule has 1 fully saturated rings. The number of amides is 1. The molecule has 1 aromatic heterocycles. The third kappa shape index (κ3) is 3.83. The Morgan fingerprint density at radius 3 is 2.52 bits per heavy atom. The van der Waals surface area contributed by atoms with E-state index >= 15 is 0 Å². The van der Waals surface area contributed by atoms with Gasteiger partial charge >= 0.3 is 0 Å². The first-order valence-corrected chi connectivity index (χ1v) is 9.75. The minimum atomic E-state index is -0.651. The molecule has 0 aliphatic carbocycles. The van der Waals surface area contributed by atoms with Gasteiger partial charge in [-0.25, -0.2) is 0 Å². The Hall–Kier alpha value is -2.90. The fourth-order valence-electron chi connectivity index (χ4n) is 3.83. The number of aryl methyl sites for hydroxylation is 1. The van der Waals surface area contributed by atoms with Gasteiger partial charge in [0.15, 0.2) is 11.5 Å². The Morgan fingerprint density at radius 2 is 1.86 bits per heavy atom. The van der Waals surface area contributed by atoms with Crippen LogP contribution >= 0.6 is 0 Å². The molecule has 0 bridgehead atoms. The van der Waals surface area contributed by atoms with Crippen LogP contribution in [0.25, 0.3) is 0 Å². The minimum absolute atomic E-state index is 0.0655. The molecule has 2 aliphatic heterocycles. The van der Waals surface area contributed by atoms with E-state index in [4.69, 9.17) is 9.15 Å². The minimum Gasteiger partial charge on any atom is -0.503 e. The van der Waals surface area contributed by atoms with E-state index in [1.807, 2.05) is 31.2 Å². The lowest BCUT2D eigenvalue weighted by Crippen LogP contribution is -2.43. The third-order valence-electron chi connectivity index (χ3n) is 5.45. The number of aliphatic hydroxyl groups is 1. The average Bonchev–Trinajstić information content (AvgIpc) is 3.36. The highest BCUT2D eigenvalue weighted by molar-refractivity contribution is 6.15. The summed E-state index contributed by atoms with van der Waals surface area (Å²) in [5.74, 6) is -1.40. The lowest BCUT2D eigenvalue weighted by atomic mass is 9.94. The number of Topliss-reactive ketones (excluding diaryl/α,β-unsaturated/α-hetero) is 1. The largest absolute Gasteiger partial charge is 0.503 e. The van der Waals surface area contributed by atoms with Crippen molar-refractivity contribution in [3.05, 3.63) is 70.9 Å². The van der Waals surface area contributed by atoms with Crippen LogP contribution in [-0.4, -0.2) is 66.0 Å². The number of rotatable bonds is 6. The van der Waals surface area contributed by atoms with Gasteiger partial charge in [-0.15, -0.1) is 0 Å². The number of ketones is 1. The number of aliphatic hydroxyl groups excluding tert-OH is 1. The molecule has 0 spiro atoms. The van der Waals surface area contributed by atoms with E-state index in [1.54, 1.807) is 11.0 Å². The van der Waals surface area contributed by atoms with Crippen molar-refractivity contribution < 1.29 is 23.8 Å². The molecule has 7 nitrogen and oxygen atoms in total. The zero-order chi connectivity index (χ0) is 20.4. The molecule has 1 atom stereocenters. The zero-order valence-electron chi connectivity index (χ0n) is 16.3. The van der Waals surface area contributed by atoms with E-state index in [0.717, 1.165) is 24.2 Å². The van der Waals surface area contributed by atoms with Crippen molar-refractivity contribution in [1.29, 1.82) is 0 Å². The van der Waals surface area contributed by atoms with Crippen molar-refractivity contribution in [2.75, 3.05) is 39.4 Å². The number of morpholine rings is 1. The van der Waals surface area contributed by atoms with Crippen LogP contribution in [0.4, 0.5) is 0 Å². The van der Waals surface area contributed by atoms with Crippen LogP contribution in [0.1, 0.15) is 27.7 Å². The fourth-order valence-corrected chi connectivity index (χ4v) is 3.83. The fraction of sp³-hybridized carbons (Fsp3) is 0.364. The standard InChI is InChI=1S/C22H24N2O5/c1-15-4-6-16(7-5-15)19-18(20(25)17-3-2-12-29-17)21(26)22(27)24(19)9-8-23-10-13-28-14-11-23/h2-7,12,19,26H,8-11,13-14H2,1H3/t19-/m0/s1. The summed E-state index contributed by atoms with van der Waals surface area (Å²) in [5, 5.41) is 10.6. The van der Waals surface area contributed by atoms with Crippen molar-refractivity contribution in [3.8, 4) is 0 Å². The van der Waals surface area contributed by atoms with Gasteiger partial charge in [0.25, 0.3) is 5.91 Å². The van der Waals surface area contributed by atoms with E-state index in [0.29, 0.717) is 26.3 Å². The van der Waals surface area contributed by atoms with Gasteiger partial charge in [-0.2, -0.15) is 0 Å². The van der Waals surface area contributed by atoms with Crippen molar-refractivity contribution >= 4 is 11.7 Å². The Morgan fingerprint density at radius 1 is 1.14 bits per heavy atom. The summed E-state index contributed by atoms with van der Waals surface area (Å²) in [6, 6.07) is 10.1. The average molecular weight is 396 g/mol. The monoisotopic (exact) mass is 396 g/mol. The predicted molar refractivity (Wildman–Crippen MR) is 106 cm³/mol. The highest BCUT2D eigenvalue weighted by Gasteiger charge is 2.44. The van der Waals surface area contributed by atoms with Crippen LogP contribution in [0.3, 0.4) is 0 Å². The highest BCUT2D eigenvalue weighted by Crippen LogP contribution is 2.39. The summed E-state index contributed by atoms with van der Waals surface area (Å²) >= 11 is 0. The Balaban J connectivity index is 1.66. The summed E-state index contributed by atoms with van der Waals surface area (Å²) in [7, 11) is 0. The van der Waals surface area contributed by atoms with Gasteiger partial charge in [0.05, 0.1) is 31.1 Å². The van der Waals surface area contributed by atoms with E-state index < -0.39 is 23.5 Å². The smallest absolute Gasteiger partial charge is 0.290 e. The summed E-state index contributed by atoms with van der Waals surface area (Å²) < 4.78 is 10.6. The van der Waals surface area contributed by atoms with Gasteiger partial charge < -0.3 is 19.2 Å². The van der Waals surface area contributed by atoms with Crippen molar-refractivity contribution in [2.24, 2.45) is 0 Å². The molecule has 4 rings (SSSR count). The Kier molecular flexibility index (Phi) is 5.51. The maximum Gasteiger partial charge on any atom is 0.290 e. The van der Waals surface area contributed by atoms with E-state index in [1.165, 1.54) is 12.3 Å². The molecule has 0 saturated carbocycles. The number of carbonyl (C=O) groups excluding carboxylic acids is 2. The van der Waals surface area contributed by atoms with Gasteiger partial charge in [0.2, 0.25) is 5.78 Å². The van der Waals surface area contributed by atoms with Crippen LogP contribution in [-0.2, 0) is 9.53 Å². The molecular formula is C22H24N2O5. The van der Waals surface area contributed by atoms with Gasteiger partial charge in [0.1, 0.15) is 0 Å². The van der Waals surface area contributed by atoms with Gasteiger partial charge in [-0.1, -0.05) is 29.8 Å². The molecule has 1 amide bonds. The second kappa shape index (κ2) is 8.23. The van der Waals surface area contributed by atoms with Crippen molar-refractivity contribution in [1.82, 2.24) is 9.80 Å². The van der Waals surface area contributed by atoms with Gasteiger partial charge in [-0.05, 0) is 24.6 Å². The molecule has 3 heterocycles. The molecule has 1 saturated heterocycles. The maximum atomic E-state index is 13.0. The second-order valence-corrected chi connectivity index (χ2v) is 7.33. The van der Waals surface area contributed by atoms with Crippen LogP contribution in [0.5, 0.6) is 0 Å². The number of nitrogens with zero attached hydrogens (tertiary/aromatic N) is 2. The zero-order valence-corrected chi connectivity index (χ0v) is 16.3. The molecule has 0 radical (unpaired) electrons. The van der Waals surface area contributed by atoms with Crippen LogP contribution in [0.15, 0.2) is 58.4 Å². The normalized spacial score (nSPS) is 20.5. The maximum absolute atomic E-state index is 13.0. The van der Waals surface area contributed by atoms with E-state index in [9.17, 15) is 14.7 Å². The lowest BCUT2D eigenvalue weighted by Gasteiger charge is -2.31. The summed E-state index contributed by atoms with van der Waals surface area (Å²) in [5.41, 5.74) is 1.92. The molecule has 0 unspecified atom stereocenters. The topological polar surface area (TPSA) is 83.2 Å². The Labute approximate surface area is 169 Å². The van der Waals surface area contributed by atoms with Crippen LogP contribution < -0.4 is 0 Å². The van der Waals surface area contributed by atoms with Crippen molar-refractivity contribution in [2.45, 2.75) is 13.0 Å². The summed E-state index contributed by atoms with van der Waals surface area (Å²) in [6.45, 7) is 5.96. The van der Waals surface area contributed by atoms with Crippen molar-refractivity contribution in [3.63, 3.8) is 0 Å². The molecule has 2 aromatic rings. The quantitative estimate of drug-likeness (QED) is 0.756. The molecule has 29 heavy (non-hydrogen) atoms. The van der Waals surface area contributed by atoms with E-state index in [2.05, 4.69) is 4.90 Å². The predicted octanol–water partition coefficient (Wildman–Crippen LogP) is 2.50. The number of hydrogen-bond donors (Lipinski definition) is 1. The van der Waals surface area contributed by atoms with E-state index in [-0.39, 0.29) is 11.3 Å². The molecule has 2 aliphatic rings. The first-order valence-electron chi connectivity index (χ1n) is 9.75. The van der Waals surface area contributed by atoms with Crippen LogP contribution in [0.2, 0.25) is 0 Å². The second-order valence-electron chi connectivity index (χ2n) is 7.33. The Bertz CT molecular complexity index is 911. The number of furan rings is 1. The number of hydrogen-bond acceptors (Lipinski definition) is 6.